The van der Waals surface area contributed by atoms with Crippen molar-refractivity contribution in [1.29, 1.82) is 0 Å². The molecule has 35 heavy (non-hydrogen) atoms. The third-order valence-corrected chi connectivity index (χ3v) is 7.43. The van der Waals surface area contributed by atoms with Gasteiger partial charge in [0.05, 0.1) is 23.5 Å². The third-order valence-electron chi connectivity index (χ3n) is 7.43. The predicted molar refractivity (Wildman–Crippen MR) is 128 cm³/mol. The van der Waals surface area contributed by atoms with Gasteiger partial charge in [-0.25, -0.2) is 8.78 Å². The monoisotopic (exact) mass is 490 g/mol. The van der Waals surface area contributed by atoms with Crippen LogP contribution in [0.15, 0.2) is 29.0 Å². The van der Waals surface area contributed by atoms with E-state index in [9.17, 15) is 18.4 Å². The Kier molecular flexibility index (Phi) is 7.73. The summed E-state index contributed by atoms with van der Waals surface area (Å²) < 4.78 is 34.3. The molecule has 0 unspecified atom stereocenters. The maximum absolute atomic E-state index is 13.7. The van der Waals surface area contributed by atoms with E-state index in [2.05, 4.69) is 10.4 Å². The number of rotatable bonds is 6. The lowest BCUT2D eigenvalue weighted by atomic mass is 9.91. The molecule has 3 aliphatic rings. The average Bonchev–Trinajstić information content (AvgIpc) is 3.19. The zero-order chi connectivity index (χ0) is 25.2. The minimum absolute atomic E-state index is 0.0217. The first-order valence-electron chi connectivity index (χ1n) is 12.6. The van der Waals surface area contributed by atoms with E-state index < -0.39 is 5.92 Å². The van der Waals surface area contributed by atoms with Crippen molar-refractivity contribution in [2.75, 3.05) is 33.4 Å². The topological polar surface area (TPSA) is 76.5 Å². The highest BCUT2D eigenvalue weighted by molar-refractivity contribution is 5.98. The number of ether oxygens (including phenoxy) is 1. The van der Waals surface area contributed by atoms with Crippen LogP contribution >= 0.6 is 0 Å². The Bertz CT molecular complexity index is 1010. The number of nitrogens with one attached hydrogen (secondary N) is 1. The first-order valence-corrected chi connectivity index (χ1v) is 12.6. The van der Waals surface area contributed by atoms with Crippen molar-refractivity contribution >= 4 is 11.8 Å². The summed E-state index contributed by atoms with van der Waals surface area (Å²) in [4.78, 5) is 27.9. The van der Waals surface area contributed by atoms with Crippen LogP contribution in [0.2, 0.25) is 0 Å². The molecular formula is C26H36F2N4O3. The summed E-state index contributed by atoms with van der Waals surface area (Å²) >= 11 is 0. The quantitative estimate of drug-likeness (QED) is 0.610. The maximum Gasteiger partial charge on any atom is 0.255 e. The van der Waals surface area contributed by atoms with Crippen LogP contribution in [0.25, 0.3) is 0 Å². The Morgan fingerprint density at radius 1 is 1.26 bits per heavy atom. The summed E-state index contributed by atoms with van der Waals surface area (Å²) in [5.74, 6) is -2.33. The van der Waals surface area contributed by atoms with Gasteiger partial charge in [0.25, 0.3) is 11.8 Å². The van der Waals surface area contributed by atoms with E-state index in [4.69, 9.17) is 4.74 Å². The molecule has 3 heterocycles. The third kappa shape index (κ3) is 5.82. The number of hydrogen-bond donors (Lipinski definition) is 1. The van der Waals surface area contributed by atoms with Gasteiger partial charge in [-0.1, -0.05) is 5.57 Å². The second kappa shape index (κ2) is 10.6. The highest BCUT2D eigenvalue weighted by atomic mass is 19.3. The molecule has 0 aromatic carbocycles. The predicted octanol–water partition coefficient (Wildman–Crippen LogP) is 4.07. The molecule has 0 bridgehead atoms. The average molecular weight is 491 g/mol. The zero-order valence-electron chi connectivity index (χ0n) is 20.9. The van der Waals surface area contributed by atoms with E-state index in [1.54, 1.807) is 18.0 Å². The number of fused-ring (bicyclic) bond motifs is 1. The summed E-state index contributed by atoms with van der Waals surface area (Å²) in [6.07, 6.45) is 6.06. The Balaban J connectivity index is 1.47. The number of allylic oxidation sites excluding steroid dienone is 1. The summed E-state index contributed by atoms with van der Waals surface area (Å²) in [5, 5.41) is 7.38. The molecule has 1 aromatic heterocycles. The fourth-order valence-corrected chi connectivity index (χ4v) is 5.19. The molecular weight excluding hydrogens is 454 g/mol. The van der Waals surface area contributed by atoms with Gasteiger partial charge in [0.15, 0.2) is 0 Å². The highest BCUT2D eigenvalue weighted by Crippen LogP contribution is 2.39. The van der Waals surface area contributed by atoms with E-state index in [1.807, 2.05) is 24.8 Å². The number of nitrogens with zero attached hydrogens (tertiary/aromatic N) is 3. The lowest BCUT2D eigenvalue weighted by molar-refractivity contribution is -0.133. The fourth-order valence-electron chi connectivity index (χ4n) is 5.19. The van der Waals surface area contributed by atoms with Crippen LogP contribution in [-0.4, -0.2) is 65.8 Å². The molecule has 1 aromatic rings. The van der Waals surface area contributed by atoms with Crippen molar-refractivity contribution in [3.8, 4) is 0 Å². The van der Waals surface area contributed by atoms with Crippen molar-refractivity contribution in [3.63, 3.8) is 0 Å². The molecule has 1 saturated carbocycles. The lowest BCUT2D eigenvalue weighted by Crippen LogP contribution is -2.50. The van der Waals surface area contributed by atoms with Crippen LogP contribution < -0.4 is 5.32 Å². The number of likely N-dealkylation sites (tertiary alicyclic amines) is 1. The minimum atomic E-state index is -2.61. The van der Waals surface area contributed by atoms with Crippen molar-refractivity contribution in [1.82, 2.24) is 20.0 Å². The molecule has 0 atom stereocenters. The van der Waals surface area contributed by atoms with Crippen molar-refractivity contribution in [2.24, 2.45) is 5.92 Å². The number of alkyl halides is 2. The van der Waals surface area contributed by atoms with E-state index in [0.717, 1.165) is 36.4 Å². The first kappa shape index (κ1) is 25.5. The lowest BCUT2D eigenvalue weighted by Gasteiger charge is -2.39. The Labute approximate surface area is 205 Å². The molecule has 2 fully saturated rings. The van der Waals surface area contributed by atoms with E-state index >= 15 is 0 Å². The number of carbonyl (C=O) groups excluding carboxylic acids is 2. The largest absolute Gasteiger partial charge is 0.385 e. The van der Waals surface area contributed by atoms with Gasteiger partial charge < -0.3 is 15.0 Å². The molecule has 0 spiro atoms. The highest BCUT2D eigenvalue weighted by Gasteiger charge is 2.37. The number of hydrogen-bond acceptors (Lipinski definition) is 4. The van der Waals surface area contributed by atoms with Crippen LogP contribution in [0.1, 0.15) is 74.5 Å². The molecule has 2 amide bonds. The molecule has 0 radical (unpaired) electrons. The summed E-state index contributed by atoms with van der Waals surface area (Å²) in [6.45, 7) is 6.40. The summed E-state index contributed by atoms with van der Waals surface area (Å²) in [6, 6.07) is -0.120. The van der Waals surface area contributed by atoms with Crippen molar-refractivity contribution in [2.45, 2.75) is 70.8 Å². The molecule has 4 rings (SSSR count). The first-order chi connectivity index (χ1) is 16.7. The van der Waals surface area contributed by atoms with E-state index in [0.29, 0.717) is 55.9 Å². The zero-order valence-corrected chi connectivity index (χ0v) is 20.9. The van der Waals surface area contributed by atoms with E-state index in [-0.39, 0.29) is 30.7 Å². The molecule has 7 nitrogen and oxygen atoms in total. The standard InChI is InChI=1S/C26H36F2N4O3/c1-17(2)21(25(34)31-15-19(16-31)8-11-35-3)12-18-4-5-23-22(24(33)29-13-18)14-30-32(23)20-6-9-26(27,28)10-7-20/h12,14,19-20H,4-11,13,15-16H2,1-3H3,(H,29,33)/b18-12-. The Morgan fingerprint density at radius 2 is 1.97 bits per heavy atom. The van der Waals surface area contributed by atoms with Crippen molar-refractivity contribution < 1.29 is 23.1 Å². The second-order valence-electron chi connectivity index (χ2n) is 10.3. The SMILES string of the molecule is COCCC1CN(C(=O)C(/C=C2/CCc3c(cnn3C3CCC(F)(F)CC3)C(=O)NC2)=C(C)C)C1. The van der Waals surface area contributed by atoms with Gasteiger partial charge in [0, 0.05) is 51.8 Å². The van der Waals surface area contributed by atoms with Crippen LogP contribution in [0.5, 0.6) is 0 Å². The van der Waals surface area contributed by atoms with Crippen LogP contribution in [0.4, 0.5) is 8.78 Å². The van der Waals surface area contributed by atoms with Crippen molar-refractivity contribution in [3.05, 3.63) is 40.2 Å². The number of methoxy groups -OCH3 is 1. The van der Waals surface area contributed by atoms with Gasteiger partial charge >= 0.3 is 0 Å². The fraction of sp³-hybridized carbons (Fsp3) is 0.654. The minimum Gasteiger partial charge on any atom is -0.385 e. The molecule has 192 valence electrons. The van der Waals surface area contributed by atoms with Gasteiger partial charge in [-0.15, -0.1) is 0 Å². The van der Waals surface area contributed by atoms with Gasteiger partial charge in [-0.05, 0) is 63.5 Å². The van der Waals surface area contributed by atoms with Crippen LogP contribution in [-0.2, 0) is 16.0 Å². The van der Waals surface area contributed by atoms with E-state index in [1.165, 1.54) is 0 Å². The molecule has 2 aliphatic heterocycles. The normalized spacial score (nSPS) is 22.1. The number of carbonyl (C=O) groups is 2. The van der Waals surface area contributed by atoms with Crippen LogP contribution in [0.3, 0.4) is 0 Å². The van der Waals surface area contributed by atoms with Gasteiger partial charge in [-0.3, -0.25) is 14.3 Å². The maximum atomic E-state index is 13.7. The number of halogens is 2. The Hall–Kier alpha value is -2.55. The number of amides is 2. The summed E-state index contributed by atoms with van der Waals surface area (Å²) in [7, 11) is 1.69. The number of aromatic nitrogens is 2. The Morgan fingerprint density at radius 3 is 2.63 bits per heavy atom. The molecule has 1 saturated heterocycles. The molecule has 9 heteroatoms. The molecule has 1 aliphatic carbocycles. The van der Waals surface area contributed by atoms with Gasteiger partial charge in [0.2, 0.25) is 5.92 Å². The van der Waals surface area contributed by atoms with Gasteiger partial charge in [-0.2, -0.15) is 5.10 Å². The van der Waals surface area contributed by atoms with Crippen LogP contribution in [0, 0.1) is 5.92 Å². The van der Waals surface area contributed by atoms with Gasteiger partial charge in [0.1, 0.15) is 0 Å². The molecule has 1 N–H and O–H groups in total. The second-order valence-corrected chi connectivity index (χ2v) is 10.3. The summed E-state index contributed by atoms with van der Waals surface area (Å²) in [5.41, 5.74) is 3.88. The smallest absolute Gasteiger partial charge is 0.255 e.